The third-order valence-corrected chi connectivity index (χ3v) is 6.33. The monoisotopic (exact) mass is 321 g/mol. The minimum atomic E-state index is 0.0843. The minimum Gasteiger partial charge on any atom is -0.377 e. The van der Waals surface area contributed by atoms with Gasteiger partial charge in [0.2, 0.25) is 0 Å². The van der Waals surface area contributed by atoms with Gasteiger partial charge in [-0.3, -0.25) is 0 Å². The highest BCUT2D eigenvalue weighted by Crippen LogP contribution is 2.38. The maximum absolute atomic E-state index is 6.25. The van der Waals surface area contributed by atoms with E-state index in [-0.39, 0.29) is 10.8 Å². The highest BCUT2D eigenvalue weighted by Gasteiger charge is 2.32. The number of halogens is 2. The normalized spacial score (nSPS) is 35.9. The molecule has 3 atom stereocenters. The zero-order valence-electron chi connectivity index (χ0n) is 11.9. The molecule has 2 aliphatic rings. The lowest BCUT2D eigenvalue weighted by Gasteiger charge is -2.37. The Bertz CT molecular complexity index is 322. The maximum Gasteiger partial charge on any atom is 0.0786 e. The number of hydrogen-bond acceptors (Lipinski definition) is 1. The summed E-state index contributed by atoms with van der Waals surface area (Å²) in [6.45, 7) is 4.72. The van der Waals surface area contributed by atoms with Crippen molar-refractivity contribution in [3.63, 3.8) is 0 Å². The number of alkyl halides is 2. The molecule has 0 saturated heterocycles. The second-order valence-electron chi connectivity index (χ2n) is 6.99. The Morgan fingerprint density at radius 2 is 1.68 bits per heavy atom. The first-order valence-corrected chi connectivity index (χ1v) is 8.74. The molecule has 0 spiro atoms. The zero-order valence-corrected chi connectivity index (χ0v) is 14.3. The van der Waals surface area contributed by atoms with E-state index in [0.29, 0.717) is 17.4 Å². The summed E-state index contributed by atoms with van der Waals surface area (Å²) in [6.07, 6.45) is 8.05. The molecule has 1 N–H and O–H groups in total. The van der Waals surface area contributed by atoms with Gasteiger partial charge in [0.15, 0.2) is 0 Å². The van der Waals surface area contributed by atoms with Gasteiger partial charge in [-0.15, -0.1) is 23.2 Å². The number of nitrogens with one attached hydrogen (secondary N) is 1. The molecule has 2 fully saturated rings. The van der Waals surface area contributed by atoms with Crippen molar-refractivity contribution in [2.75, 3.05) is 0 Å². The van der Waals surface area contributed by atoms with Gasteiger partial charge in [-0.25, -0.2) is 0 Å². The summed E-state index contributed by atoms with van der Waals surface area (Å²) >= 11 is 18.0. The van der Waals surface area contributed by atoms with Crippen molar-refractivity contribution < 1.29 is 0 Å². The van der Waals surface area contributed by atoms with E-state index in [9.17, 15) is 0 Å². The predicted molar refractivity (Wildman–Crippen MR) is 88.4 cm³/mol. The molecule has 0 heterocycles. The average molecular weight is 322 g/mol. The molecule has 0 amide bonds. The van der Waals surface area contributed by atoms with E-state index in [2.05, 4.69) is 19.2 Å². The first-order chi connectivity index (χ1) is 8.87. The van der Waals surface area contributed by atoms with Crippen LogP contribution in [0.2, 0.25) is 0 Å². The van der Waals surface area contributed by atoms with Crippen LogP contribution in [0.15, 0.2) is 0 Å². The van der Waals surface area contributed by atoms with Crippen molar-refractivity contribution in [3.05, 3.63) is 0 Å². The van der Waals surface area contributed by atoms with E-state index in [1.165, 1.54) is 25.7 Å². The van der Waals surface area contributed by atoms with Crippen LogP contribution in [0.25, 0.3) is 0 Å². The topological polar surface area (TPSA) is 12.0 Å². The van der Waals surface area contributed by atoms with Gasteiger partial charge in [-0.2, -0.15) is 0 Å². The molecule has 2 aliphatic carbocycles. The van der Waals surface area contributed by atoms with Crippen LogP contribution in [-0.4, -0.2) is 21.8 Å². The van der Waals surface area contributed by atoms with Crippen LogP contribution in [0.3, 0.4) is 0 Å². The fourth-order valence-corrected chi connectivity index (χ4v) is 4.16. The Labute approximate surface area is 132 Å². The van der Waals surface area contributed by atoms with Gasteiger partial charge >= 0.3 is 0 Å². The molecule has 3 unspecified atom stereocenters. The molecule has 19 heavy (non-hydrogen) atoms. The van der Waals surface area contributed by atoms with Crippen molar-refractivity contribution in [1.29, 1.82) is 0 Å². The second-order valence-corrected chi connectivity index (χ2v) is 8.55. The fourth-order valence-electron chi connectivity index (χ4n) is 3.19. The molecule has 2 saturated carbocycles. The maximum atomic E-state index is 6.25. The van der Waals surface area contributed by atoms with E-state index >= 15 is 0 Å². The summed E-state index contributed by atoms with van der Waals surface area (Å²) in [4.78, 5) is 1.07. The molecule has 1 nitrogen and oxygen atoms in total. The molecular formula is C15H25Cl2NS. The fraction of sp³-hybridized carbons (Fsp3) is 0.933. The van der Waals surface area contributed by atoms with Gasteiger partial charge in [0, 0.05) is 12.0 Å². The summed E-state index contributed by atoms with van der Waals surface area (Å²) in [5.74, 6) is 0.575. The van der Waals surface area contributed by atoms with E-state index in [1.807, 2.05) is 0 Å². The summed E-state index contributed by atoms with van der Waals surface area (Å²) in [6, 6.07) is 0.430. The quantitative estimate of drug-likeness (QED) is 0.574. The summed E-state index contributed by atoms with van der Waals surface area (Å²) in [5.41, 5.74) is 0.504. The Balaban J connectivity index is 1.79. The van der Waals surface area contributed by atoms with E-state index in [0.717, 1.165) is 24.3 Å². The van der Waals surface area contributed by atoms with Crippen LogP contribution < -0.4 is 5.32 Å². The lowest BCUT2D eigenvalue weighted by atomic mass is 9.73. The van der Waals surface area contributed by atoms with Gasteiger partial charge in [-0.1, -0.05) is 26.1 Å². The smallest absolute Gasteiger partial charge is 0.0786 e. The van der Waals surface area contributed by atoms with E-state index < -0.39 is 0 Å². The van der Waals surface area contributed by atoms with Gasteiger partial charge < -0.3 is 5.32 Å². The molecule has 0 aliphatic heterocycles. The first-order valence-electron chi connectivity index (χ1n) is 7.46. The average Bonchev–Trinajstić information content (AvgIpc) is 2.33. The third kappa shape index (κ3) is 4.47. The second kappa shape index (κ2) is 6.49. The van der Waals surface area contributed by atoms with Crippen molar-refractivity contribution in [3.8, 4) is 0 Å². The molecule has 2 rings (SSSR count). The van der Waals surface area contributed by atoms with Crippen LogP contribution in [0.5, 0.6) is 0 Å². The van der Waals surface area contributed by atoms with Crippen LogP contribution in [0.1, 0.15) is 58.8 Å². The zero-order chi connectivity index (χ0) is 14.0. The highest BCUT2D eigenvalue weighted by molar-refractivity contribution is 7.80. The number of thiocarbonyl (C=S) groups is 1. The number of rotatable bonds is 2. The lowest BCUT2D eigenvalue weighted by molar-refractivity contribution is 0.219. The van der Waals surface area contributed by atoms with Gasteiger partial charge in [0.05, 0.1) is 15.7 Å². The summed E-state index contributed by atoms with van der Waals surface area (Å²) < 4.78 is 0. The minimum absolute atomic E-state index is 0.0843. The highest BCUT2D eigenvalue weighted by atomic mass is 35.5. The van der Waals surface area contributed by atoms with Crippen molar-refractivity contribution in [2.24, 2.45) is 11.3 Å². The standard InChI is InChI=1S/C15H25Cl2NS/c1-15(2)7-5-10(6-8-15)14(19)18-11-3-4-12(16)13(17)9-11/h10-13H,3-9H2,1-2H3,(H,18,19). The van der Waals surface area contributed by atoms with Crippen molar-refractivity contribution in [2.45, 2.75) is 75.6 Å². The van der Waals surface area contributed by atoms with Gasteiger partial charge in [0.25, 0.3) is 0 Å². The number of hydrogen-bond donors (Lipinski definition) is 1. The Morgan fingerprint density at radius 1 is 1.05 bits per heavy atom. The van der Waals surface area contributed by atoms with E-state index in [1.54, 1.807) is 0 Å². The van der Waals surface area contributed by atoms with E-state index in [4.69, 9.17) is 35.4 Å². The molecule has 0 bridgehead atoms. The molecular weight excluding hydrogens is 297 g/mol. The largest absolute Gasteiger partial charge is 0.377 e. The molecule has 110 valence electrons. The Morgan fingerprint density at radius 3 is 2.26 bits per heavy atom. The summed E-state index contributed by atoms with van der Waals surface area (Å²) in [7, 11) is 0. The van der Waals surface area contributed by atoms with Gasteiger partial charge in [-0.05, 0) is 50.4 Å². The van der Waals surface area contributed by atoms with Crippen LogP contribution >= 0.6 is 35.4 Å². The van der Waals surface area contributed by atoms with Crippen LogP contribution in [0.4, 0.5) is 0 Å². The molecule has 0 aromatic rings. The Kier molecular flexibility index (Phi) is 5.42. The summed E-state index contributed by atoms with van der Waals surface area (Å²) in [5, 5.41) is 3.77. The van der Waals surface area contributed by atoms with Crippen molar-refractivity contribution in [1.82, 2.24) is 5.32 Å². The van der Waals surface area contributed by atoms with Crippen LogP contribution in [-0.2, 0) is 0 Å². The third-order valence-electron chi connectivity index (χ3n) is 4.75. The Hall–Kier alpha value is 0.470. The molecule has 0 aromatic heterocycles. The first kappa shape index (κ1) is 15.9. The predicted octanol–water partition coefficient (Wildman–Crippen LogP) is 4.89. The van der Waals surface area contributed by atoms with Gasteiger partial charge in [0.1, 0.15) is 0 Å². The molecule has 0 radical (unpaired) electrons. The van der Waals surface area contributed by atoms with Crippen molar-refractivity contribution >= 4 is 40.4 Å². The molecule has 0 aromatic carbocycles. The SMILES string of the molecule is CC1(C)CCC(C(=S)NC2CCC(Cl)C(Cl)C2)CC1. The van der Waals surface area contributed by atoms with Crippen LogP contribution in [0, 0.1) is 11.3 Å². The lowest BCUT2D eigenvalue weighted by Crippen LogP contribution is -2.44. The molecule has 4 heteroatoms.